The molecule has 2 aromatic rings. The second kappa shape index (κ2) is 6.93. The summed E-state index contributed by atoms with van der Waals surface area (Å²) >= 11 is 0. The van der Waals surface area contributed by atoms with Crippen molar-refractivity contribution in [2.75, 3.05) is 19.6 Å². The number of amides is 1. The van der Waals surface area contributed by atoms with Crippen LogP contribution in [0.2, 0.25) is 0 Å². The topological polar surface area (TPSA) is 94.1 Å². The number of imidazole rings is 1. The molecule has 0 aromatic carbocycles. The van der Waals surface area contributed by atoms with Crippen molar-refractivity contribution in [1.82, 2.24) is 25.2 Å². The van der Waals surface area contributed by atoms with Crippen molar-refractivity contribution in [1.29, 1.82) is 0 Å². The van der Waals surface area contributed by atoms with Gasteiger partial charge in [-0.3, -0.25) is 14.7 Å². The Morgan fingerprint density at radius 1 is 1.52 bits per heavy atom. The number of H-pyrrole nitrogens is 1. The van der Waals surface area contributed by atoms with E-state index in [0.29, 0.717) is 18.1 Å². The number of pyridine rings is 1. The minimum absolute atomic E-state index is 0.0767. The summed E-state index contributed by atoms with van der Waals surface area (Å²) in [7, 11) is 0. The van der Waals surface area contributed by atoms with Gasteiger partial charge in [0.2, 0.25) is 0 Å². The molecule has 1 aliphatic rings. The van der Waals surface area contributed by atoms with Crippen molar-refractivity contribution >= 4 is 5.91 Å². The highest BCUT2D eigenvalue weighted by atomic mass is 16.3. The van der Waals surface area contributed by atoms with Gasteiger partial charge in [-0.2, -0.15) is 0 Å². The number of nitrogens with one attached hydrogen (secondary N) is 2. The van der Waals surface area contributed by atoms with E-state index in [0.717, 1.165) is 30.8 Å². The molecule has 7 heteroatoms. The molecule has 0 aliphatic carbocycles. The van der Waals surface area contributed by atoms with E-state index in [1.807, 2.05) is 19.1 Å². The average molecular weight is 343 g/mol. The van der Waals surface area contributed by atoms with E-state index < -0.39 is 5.60 Å². The summed E-state index contributed by atoms with van der Waals surface area (Å²) in [5.41, 5.74) is 1.28. The van der Waals surface area contributed by atoms with E-state index in [9.17, 15) is 9.90 Å². The molecule has 7 nitrogen and oxygen atoms in total. The van der Waals surface area contributed by atoms with Crippen LogP contribution in [0, 0.1) is 6.92 Å². The van der Waals surface area contributed by atoms with E-state index in [2.05, 4.69) is 25.2 Å². The van der Waals surface area contributed by atoms with Crippen LogP contribution in [0.3, 0.4) is 0 Å². The molecule has 134 valence electrons. The second-order valence-corrected chi connectivity index (χ2v) is 7.31. The normalized spacial score (nSPS) is 18.5. The zero-order chi connectivity index (χ0) is 18.0. The number of aryl methyl sites for hydroxylation is 1. The zero-order valence-electron chi connectivity index (χ0n) is 14.9. The predicted molar refractivity (Wildman–Crippen MR) is 95.2 cm³/mol. The number of β-amino-alcohol motifs (C(OH)–C–C–N with tert-alkyl or cyclic N) is 1. The number of hydrogen-bond acceptors (Lipinski definition) is 5. The van der Waals surface area contributed by atoms with Gasteiger partial charge in [0.05, 0.1) is 5.60 Å². The fourth-order valence-corrected chi connectivity index (χ4v) is 3.22. The first-order chi connectivity index (χ1) is 11.8. The van der Waals surface area contributed by atoms with Crippen LogP contribution in [-0.2, 0) is 0 Å². The highest BCUT2D eigenvalue weighted by Crippen LogP contribution is 2.18. The Bertz CT molecular complexity index is 736. The van der Waals surface area contributed by atoms with Gasteiger partial charge in [-0.25, -0.2) is 4.98 Å². The predicted octanol–water partition coefficient (Wildman–Crippen LogP) is 1.36. The smallest absolute Gasteiger partial charge is 0.272 e. The summed E-state index contributed by atoms with van der Waals surface area (Å²) < 4.78 is 0. The number of aliphatic hydroxyl groups is 1. The van der Waals surface area contributed by atoms with Gasteiger partial charge in [-0.15, -0.1) is 0 Å². The van der Waals surface area contributed by atoms with Gasteiger partial charge in [0, 0.05) is 49.3 Å². The Hall–Kier alpha value is -2.25. The first kappa shape index (κ1) is 17.6. The van der Waals surface area contributed by atoms with E-state index in [1.165, 1.54) is 0 Å². The maximum atomic E-state index is 12.6. The van der Waals surface area contributed by atoms with Crippen molar-refractivity contribution in [3.8, 4) is 11.4 Å². The maximum absolute atomic E-state index is 12.6. The standard InChI is InChI=1S/C18H25N5O2/c1-12-15(22-16(20-12)13-5-4-7-19-9-13)17(24)21-14-6-8-23(10-14)11-18(2,3)25/h4-5,7,9,14,25H,6,8,10-11H2,1-3H3,(H,20,22)(H,21,24)/t14-/m1/s1. The van der Waals surface area contributed by atoms with Crippen LogP contribution in [0.25, 0.3) is 11.4 Å². The minimum Gasteiger partial charge on any atom is -0.389 e. The molecule has 0 spiro atoms. The lowest BCUT2D eigenvalue weighted by atomic mass is 10.1. The van der Waals surface area contributed by atoms with E-state index >= 15 is 0 Å². The number of aromatic nitrogens is 3. The van der Waals surface area contributed by atoms with Gasteiger partial charge >= 0.3 is 0 Å². The van der Waals surface area contributed by atoms with Crippen molar-refractivity contribution in [2.24, 2.45) is 0 Å². The van der Waals surface area contributed by atoms with Crippen LogP contribution in [0.4, 0.5) is 0 Å². The number of aromatic amines is 1. The average Bonchev–Trinajstić information content (AvgIpc) is 3.13. The first-order valence-electron chi connectivity index (χ1n) is 8.54. The second-order valence-electron chi connectivity index (χ2n) is 7.31. The molecule has 0 unspecified atom stereocenters. The molecule has 1 aliphatic heterocycles. The SMILES string of the molecule is Cc1[nH]c(-c2cccnc2)nc1C(=O)N[C@@H]1CCN(CC(C)(C)O)C1. The summed E-state index contributed by atoms with van der Waals surface area (Å²) in [6, 6.07) is 3.81. The van der Waals surface area contributed by atoms with Crippen LogP contribution in [0.5, 0.6) is 0 Å². The van der Waals surface area contributed by atoms with Gasteiger partial charge < -0.3 is 15.4 Å². The van der Waals surface area contributed by atoms with E-state index in [4.69, 9.17) is 0 Å². The summed E-state index contributed by atoms with van der Waals surface area (Å²) in [5.74, 6) is 0.477. The van der Waals surface area contributed by atoms with E-state index in [-0.39, 0.29) is 11.9 Å². The zero-order valence-corrected chi connectivity index (χ0v) is 14.9. The summed E-state index contributed by atoms with van der Waals surface area (Å²) in [6.45, 7) is 7.66. The maximum Gasteiger partial charge on any atom is 0.272 e. The number of nitrogens with zero attached hydrogens (tertiary/aromatic N) is 3. The van der Waals surface area contributed by atoms with Gasteiger partial charge in [-0.1, -0.05) is 0 Å². The Labute approximate surface area is 147 Å². The molecule has 3 rings (SSSR count). The quantitative estimate of drug-likeness (QED) is 0.762. The van der Waals surface area contributed by atoms with Crippen molar-refractivity contribution in [2.45, 2.75) is 38.8 Å². The number of carbonyl (C=O) groups excluding carboxylic acids is 1. The molecule has 0 saturated carbocycles. The molecular weight excluding hydrogens is 318 g/mol. The van der Waals surface area contributed by atoms with E-state index in [1.54, 1.807) is 26.2 Å². The Morgan fingerprint density at radius 3 is 3.00 bits per heavy atom. The summed E-state index contributed by atoms with van der Waals surface area (Å²) in [6.07, 6.45) is 4.29. The fourth-order valence-electron chi connectivity index (χ4n) is 3.22. The Balaban J connectivity index is 1.64. The number of hydrogen-bond donors (Lipinski definition) is 3. The molecule has 1 fully saturated rings. The number of likely N-dealkylation sites (tertiary alicyclic amines) is 1. The molecule has 0 bridgehead atoms. The van der Waals surface area contributed by atoms with Gasteiger partial charge in [0.25, 0.3) is 5.91 Å². The molecule has 3 heterocycles. The van der Waals surface area contributed by atoms with Crippen molar-refractivity contribution in [3.63, 3.8) is 0 Å². The molecule has 2 aromatic heterocycles. The summed E-state index contributed by atoms with van der Waals surface area (Å²) in [5, 5.41) is 13.0. The third kappa shape index (κ3) is 4.43. The van der Waals surface area contributed by atoms with Gasteiger partial charge in [0.1, 0.15) is 11.5 Å². The Kier molecular flexibility index (Phi) is 4.87. The molecular formula is C18H25N5O2. The molecule has 3 N–H and O–H groups in total. The van der Waals surface area contributed by atoms with Crippen LogP contribution in [-0.4, -0.2) is 62.1 Å². The van der Waals surface area contributed by atoms with Crippen LogP contribution >= 0.6 is 0 Å². The van der Waals surface area contributed by atoms with Gasteiger partial charge in [0.15, 0.2) is 0 Å². The largest absolute Gasteiger partial charge is 0.389 e. The van der Waals surface area contributed by atoms with Crippen LogP contribution in [0.1, 0.15) is 36.5 Å². The summed E-state index contributed by atoms with van der Waals surface area (Å²) in [4.78, 5) is 26.4. The third-order valence-electron chi connectivity index (χ3n) is 4.25. The van der Waals surface area contributed by atoms with Gasteiger partial charge in [-0.05, 0) is 39.3 Å². The molecule has 25 heavy (non-hydrogen) atoms. The monoisotopic (exact) mass is 343 g/mol. The number of carbonyl (C=O) groups is 1. The molecule has 0 radical (unpaired) electrons. The third-order valence-corrected chi connectivity index (χ3v) is 4.25. The molecule has 1 amide bonds. The first-order valence-corrected chi connectivity index (χ1v) is 8.54. The van der Waals surface area contributed by atoms with Crippen molar-refractivity contribution in [3.05, 3.63) is 35.9 Å². The lowest BCUT2D eigenvalue weighted by molar-refractivity contribution is 0.0433. The Morgan fingerprint density at radius 2 is 2.32 bits per heavy atom. The molecule has 1 atom stereocenters. The fraction of sp³-hybridized carbons (Fsp3) is 0.500. The molecule has 1 saturated heterocycles. The van der Waals surface area contributed by atoms with Crippen LogP contribution in [0.15, 0.2) is 24.5 Å². The van der Waals surface area contributed by atoms with Crippen LogP contribution < -0.4 is 5.32 Å². The lowest BCUT2D eigenvalue weighted by Crippen LogP contribution is -2.41. The lowest BCUT2D eigenvalue weighted by Gasteiger charge is -2.25. The number of rotatable bonds is 5. The minimum atomic E-state index is -0.726. The highest BCUT2D eigenvalue weighted by molar-refractivity contribution is 5.94. The van der Waals surface area contributed by atoms with Crippen molar-refractivity contribution < 1.29 is 9.90 Å². The highest BCUT2D eigenvalue weighted by Gasteiger charge is 2.28.